The van der Waals surface area contributed by atoms with Crippen molar-refractivity contribution in [3.63, 3.8) is 0 Å². The first-order chi connectivity index (χ1) is 14.3. The molecule has 0 radical (unpaired) electrons. The van der Waals surface area contributed by atoms with Crippen molar-refractivity contribution in [3.05, 3.63) is 65.7 Å². The molecule has 1 unspecified atom stereocenters. The van der Waals surface area contributed by atoms with Gasteiger partial charge in [0, 0.05) is 38.3 Å². The zero-order valence-electron chi connectivity index (χ0n) is 17.7. The smallest absolute Gasteiger partial charge is 0.115 e. The lowest BCUT2D eigenvalue weighted by atomic mass is 9.94. The fourth-order valence-electron chi connectivity index (χ4n) is 5.25. The fourth-order valence-corrected chi connectivity index (χ4v) is 5.25. The molecule has 0 amide bonds. The van der Waals surface area contributed by atoms with E-state index in [-0.39, 0.29) is 0 Å². The van der Waals surface area contributed by atoms with Crippen LogP contribution in [0.3, 0.4) is 0 Å². The SMILES string of the molecule is Oc1cccc(CC(c2ccccc2)N2CCN(C3CCCCCCC3)CC2)c1. The number of phenolic OH excluding ortho intramolecular Hbond substituents is 1. The van der Waals surface area contributed by atoms with Crippen molar-refractivity contribution in [3.8, 4) is 5.75 Å². The molecule has 2 fully saturated rings. The number of piperazine rings is 1. The molecule has 0 spiro atoms. The highest BCUT2D eigenvalue weighted by molar-refractivity contribution is 5.30. The van der Waals surface area contributed by atoms with E-state index in [0.29, 0.717) is 11.8 Å². The van der Waals surface area contributed by atoms with E-state index in [1.54, 1.807) is 6.07 Å². The largest absolute Gasteiger partial charge is 0.508 e. The first-order valence-electron chi connectivity index (χ1n) is 11.6. The lowest BCUT2D eigenvalue weighted by Crippen LogP contribution is -2.51. The van der Waals surface area contributed by atoms with Gasteiger partial charge in [0.1, 0.15) is 5.75 Å². The van der Waals surface area contributed by atoms with Crippen molar-refractivity contribution in [1.82, 2.24) is 9.80 Å². The Kier molecular flexibility index (Phi) is 7.23. The minimum atomic E-state index is 0.364. The second-order valence-corrected chi connectivity index (χ2v) is 8.87. The first kappa shape index (κ1) is 20.4. The predicted molar refractivity (Wildman–Crippen MR) is 120 cm³/mol. The molecule has 2 aromatic rings. The molecule has 2 aliphatic rings. The maximum absolute atomic E-state index is 9.91. The third kappa shape index (κ3) is 5.61. The minimum absolute atomic E-state index is 0.364. The molecule has 2 aromatic carbocycles. The van der Waals surface area contributed by atoms with Crippen molar-refractivity contribution in [1.29, 1.82) is 0 Å². The summed E-state index contributed by atoms with van der Waals surface area (Å²) in [7, 11) is 0. The van der Waals surface area contributed by atoms with Gasteiger partial charge in [0.2, 0.25) is 0 Å². The molecule has 1 aliphatic carbocycles. The lowest BCUT2D eigenvalue weighted by molar-refractivity contribution is 0.0595. The Bertz CT molecular complexity index is 731. The van der Waals surface area contributed by atoms with Crippen LogP contribution in [-0.4, -0.2) is 47.1 Å². The monoisotopic (exact) mass is 392 g/mol. The maximum Gasteiger partial charge on any atom is 0.115 e. The van der Waals surface area contributed by atoms with Gasteiger partial charge in [0.25, 0.3) is 0 Å². The Morgan fingerprint density at radius 1 is 0.793 bits per heavy atom. The van der Waals surface area contributed by atoms with Gasteiger partial charge < -0.3 is 5.11 Å². The summed E-state index contributed by atoms with van der Waals surface area (Å²) in [5, 5.41) is 9.91. The van der Waals surface area contributed by atoms with Crippen LogP contribution in [0.15, 0.2) is 54.6 Å². The Labute approximate surface area is 176 Å². The highest BCUT2D eigenvalue weighted by Gasteiger charge is 2.28. The molecule has 1 saturated carbocycles. The number of aromatic hydroxyl groups is 1. The summed E-state index contributed by atoms with van der Waals surface area (Å²) in [5.41, 5.74) is 2.59. The number of hydrogen-bond donors (Lipinski definition) is 1. The molecule has 3 heteroatoms. The van der Waals surface area contributed by atoms with Crippen molar-refractivity contribution in [2.45, 2.75) is 63.5 Å². The van der Waals surface area contributed by atoms with Gasteiger partial charge >= 0.3 is 0 Å². The third-order valence-electron chi connectivity index (χ3n) is 6.90. The molecule has 29 heavy (non-hydrogen) atoms. The molecule has 1 atom stereocenters. The van der Waals surface area contributed by atoms with E-state index in [2.05, 4.69) is 46.2 Å². The zero-order valence-corrected chi connectivity index (χ0v) is 17.7. The second-order valence-electron chi connectivity index (χ2n) is 8.87. The van der Waals surface area contributed by atoms with E-state index in [9.17, 15) is 5.11 Å². The summed E-state index contributed by atoms with van der Waals surface area (Å²) < 4.78 is 0. The van der Waals surface area contributed by atoms with Crippen LogP contribution in [0.2, 0.25) is 0 Å². The van der Waals surface area contributed by atoms with E-state index in [0.717, 1.165) is 25.6 Å². The van der Waals surface area contributed by atoms with Crippen molar-refractivity contribution < 1.29 is 5.11 Å². The van der Waals surface area contributed by atoms with Crippen molar-refractivity contribution in [2.75, 3.05) is 26.2 Å². The van der Waals surface area contributed by atoms with E-state index < -0.39 is 0 Å². The van der Waals surface area contributed by atoms with E-state index >= 15 is 0 Å². The highest BCUT2D eigenvalue weighted by atomic mass is 16.3. The molecule has 3 nitrogen and oxygen atoms in total. The first-order valence-corrected chi connectivity index (χ1v) is 11.6. The summed E-state index contributed by atoms with van der Waals surface area (Å²) in [5.74, 6) is 0.364. The molecule has 1 saturated heterocycles. The molecule has 0 bridgehead atoms. The minimum Gasteiger partial charge on any atom is -0.508 e. The average molecular weight is 393 g/mol. The van der Waals surface area contributed by atoms with Gasteiger partial charge in [-0.05, 0) is 42.5 Å². The fraction of sp³-hybridized carbons (Fsp3) is 0.538. The Morgan fingerprint density at radius 2 is 1.48 bits per heavy atom. The molecule has 1 N–H and O–H groups in total. The molecular weight excluding hydrogens is 356 g/mol. The van der Waals surface area contributed by atoms with E-state index in [4.69, 9.17) is 0 Å². The van der Waals surface area contributed by atoms with Gasteiger partial charge in [-0.2, -0.15) is 0 Å². The quantitative estimate of drug-likeness (QED) is 0.737. The summed E-state index contributed by atoms with van der Waals surface area (Å²) in [6, 6.07) is 19.9. The van der Waals surface area contributed by atoms with Gasteiger partial charge in [-0.3, -0.25) is 9.80 Å². The summed E-state index contributed by atoms with van der Waals surface area (Å²) in [6.45, 7) is 4.64. The zero-order chi connectivity index (χ0) is 19.9. The summed E-state index contributed by atoms with van der Waals surface area (Å²) in [4.78, 5) is 5.44. The molecule has 1 heterocycles. The van der Waals surface area contributed by atoms with Crippen LogP contribution in [0, 0.1) is 0 Å². The third-order valence-corrected chi connectivity index (χ3v) is 6.90. The number of rotatable bonds is 5. The van der Waals surface area contributed by atoms with E-state index in [1.165, 1.54) is 69.2 Å². The van der Waals surface area contributed by atoms with Crippen LogP contribution in [-0.2, 0) is 6.42 Å². The molecule has 156 valence electrons. The van der Waals surface area contributed by atoms with Crippen LogP contribution < -0.4 is 0 Å². The average Bonchev–Trinajstić information content (AvgIpc) is 2.73. The number of phenols is 1. The summed E-state index contributed by atoms with van der Waals surface area (Å²) in [6.07, 6.45) is 10.9. The number of nitrogens with zero attached hydrogens (tertiary/aromatic N) is 2. The Morgan fingerprint density at radius 3 is 2.17 bits per heavy atom. The van der Waals surface area contributed by atoms with Crippen molar-refractivity contribution in [2.24, 2.45) is 0 Å². The summed E-state index contributed by atoms with van der Waals surface area (Å²) >= 11 is 0. The topological polar surface area (TPSA) is 26.7 Å². The van der Waals surface area contributed by atoms with Gasteiger partial charge in [-0.15, -0.1) is 0 Å². The molecule has 1 aliphatic heterocycles. The van der Waals surface area contributed by atoms with Gasteiger partial charge in [0.05, 0.1) is 0 Å². The van der Waals surface area contributed by atoms with Crippen molar-refractivity contribution >= 4 is 0 Å². The maximum atomic E-state index is 9.91. The van der Waals surface area contributed by atoms with Gasteiger partial charge in [0.15, 0.2) is 0 Å². The number of hydrogen-bond acceptors (Lipinski definition) is 3. The van der Waals surface area contributed by atoms with Crippen LogP contribution >= 0.6 is 0 Å². The Hall–Kier alpha value is -1.84. The standard InChI is InChI=1S/C26H36N2O/c29-25-15-9-10-22(20-25)21-26(23-11-5-4-6-12-23)28-18-16-27(17-19-28)24-13-7-2-1-3-8-14-24/h4-6,9-12,15,20,24,26,29H,1-3,7-8,13-14,16-19,21H2. The molecule has 4 rings (SSSR count). The highest BCUT2D eigenvalue weighted by Crippen LogP contribution is 2.29. The normalized spacial score (nSPS) is 21.4. The second kappa shape index (κ2) is 10.3. The van der Waals surface area contributed by atoms with E-state index in [1.807, 2.05) is 12.1 Å². The molecule has 0 aromatic heterocycles. The van der Waals surface area contributed by atoms with Crippen LogP contribution in [0.25, 0.3) is 0 Å². The van der Waals surface area contributed by atoms with Gasteiger partial charge in [-0.25, -0.2) is 0 Å². The predicted octanol–water partition coefficient (Wildman–Crippen LogP) is 5.41. The van der Waals surface area contributed by atoms with Crippen LogP contribution in [0.1, 0.15) is 62.1 Å². The number of benzene rings is 2. The van der Waals surface area contributed by atoms with Crippen LogP contribution in [0.5, 0.6) is 5.75 Å². The lowest BCUT2D eigenvalue weighted by Gasteiger charge is -2.43. The van der Waals surface area contributed by atoms with Gasteiger partial charge in [-0.1, -0.05) is 74.6 Å². The molecular formula is C26H36N2O. The Balaban J connectivity index is 1.43. The van der Waals surface area contributed by atoms with Crippen LogP contribution in [0.4, 0.5) is 0 Å².